The Balaban J connectivity index is 2.04. The number of aryl methyl sites for hydroxylation is 3. The van der Waals surface area contributed by atoms with Gasteiger partial charge in [-0.25, -0.2) is 13.2 Å². The van der Waals surface area contributed by atoms with Gasteiger partial charge in [-0.15, -0.1) is 0 Å². The lowest BCUT2D eigenvalue weighted by Crippen LogP contribution is -2.37. The summed E-state index contributed by atoms with van der Waals surface area (Å²) < 4.78 is 33.4. The third kappa shape index (κ3) is 2.34. The SMILES string of the molecule is Cc1noc(C)c1S(=O)(=O)N1CCc2c(c(C(=O)O)nn2C)C1. The molecule has 0 radical (unpaired) electrons. The Morgan fingerprint density at radius 2 is 2.04 bits per heavy atom. The van der Waals surface area contributed by atoms with E-state index in [9.17, 15) is 18.3 Å². The lowest BCUT2D eigenvalue weighted by molar-refractivity contribution is 0.0687. The van der Waals surface area contributed by atoms with E-state index < -0.39 is 16.0 Å². The summed E-state index contributed by atoms with van der Waals surface area (Å²) in [5.41, 5.74) is 1.35. The molecule has 0 saturated heterocycles. The molecule has 0 spiro atoms. The molecule has 0 fully saturated rings. The molecule has 0 saturated carbocycles. The number of fused-ring (bicyclic) bond motifs is 1. The van der Waals surface area contributed by atoms with Crippen molar-refractivity contribution in [3.63, 3.8) is 0 Å². The molecule has 1 aliphatic rings. The van der Waals surface area contributed by atoms with Gasteiger partial charge in [-0.3, -0.25) is 4.68 Å². The Bertz CT molecular complexity index is 876. The van der Waals surface area contributed by atoms with Gasteiger partial charge in [0.1, 0.15) is 10.6 Å². The van der Waals surface area contributed by atoms with Gasteiger partial charge >= 0.3 is 5.97 Å². The van der Waals surface area contributed by atoms with Gasteiger partial charge in [0.25, 0.3) is 0 Å². The molecule has 0 unspecified atom stereocenters. The fourth-order valence-corrected chi connectivity index (χ4v) is 4.62. The van der Waals surface area contributed by atoms with Crippen LogP contribution in [0.25, 0.3) is 0 Å². The summed E-state index contributed by atoms with van der Waals surface area (Å²) in [6.07, 6.45) is 0.398. The van der Waals surface area contributed by atoms with E-state index in [1.165, 1.54) is 15.9 Å². The maximum absolute atomic E-state index is 12.8. The van der Waals surface area contributed by atoms with Crippen LogP contribution in [0, 0.1) is 13.8 Å². The first-order valence-corrected chi connectivity index (χ1v) is 8.38. The number of carboxylic acids is 1. The number of hydrogen-bond acceptors (Lipinski definition) is 6. The number of aromatic nitrogens is 3. The van der Waals surface area contributed by atoms with E-state index in [1.54, 1.807) is 14.0 Å². The number of hydrogen-bond donors (Lipinski definition) is 1. The zero-order valence-electron chi connectivity index (χ0n) is 12.9. The lowest BCUT2D eigenvalue weighted by atomic mass is 10.1. The predicted octanol–water partition coefficient (Wildman–Crippen LogP) is 0.470. The van der Waals surface area contributed by atoms with E-state index in [4.69, 9.17) is 4.52 Å². The summed E-state index contributed by atoms with van der Waals surface area (Å²) in [6, 6.07) is 0. The van der Waals surface area contributed by atoms with E-state index in [-0.39, 0.29) is 35.1 Å². The summed E-state index contributed by atoms with van der Waals surface area (Å²) in [6.45, 7) is 3.32. The topological polar surface area (TPSA) is 119 Å². The molecule has 124 valence electrons. The Morgan fingerprint density at radius 3 is 2.61 bits per heavy atom. The van der Waals surface area contributed by atoms with Gasteiger partial charge in [-0.05, 0) is 13.8 Å². The second-order valence-electron chi connectivity index (χ2n) is 5.44. The number of carboxylic acid groups (broad SMARTS) is 1. The van der Waals surface area contributed by atoms with Gasteiger partial charge in [0.05, 0.1) is 0 Å². The van der Waals surface area contributed by atoms with Gasteiger partial charge < -0.3 is 9.63 Å². The first-order chi connectivity index (χ1) is 10.7. The maximum atomic E-state index is 12.8. The molecular formula is C13H16N4O5S. The molecule has 9 nitrogen and oxygen atoms in total. The van der Waals surface area contributed by atoms with Crippen molar-refractivity contribution in [2.75, 3.05) is 6.54 Å². The molecule has 3 rings (SSSR count). The Labute approximate surface area is 132 Å². The summed E-state index contributed by atoms with van der Waals surface area (Å²) in [5, 5.41) is 16.9. The van der Waals surface area contributed by atoms with Gasteiger partial charge in [0.2, 0.25) is 10.0 Å². The zero-order valence-corrected chi connectivity index (χ0v) is 13.7. The Kier molecular flexibility index (Phi) is 3.52. The average Bonchev–Trinajstić information content (AvgIpc) is 2.99. The van der Waals surface area contributed by atoms with Crippen molar-refractivity contribution >= 4 is 16.0 Å². The third-order valence-electron chi connectivity index (χ3n) is 3.98. The molecule has 0 aliphatic carbocycles. The highest BCUT2D eigenvalue weighted by atomic mass is 32.2. The van der Waals surface area contributed by atoms with Gasteiger partial charge in [-0.1, -0.05) is 5.16 Å². The minimum absolute atomic E-state index is 0.0306. The third-order valence-corrected chi connectivity index (χ3v) is 6.07. The van der Waals surface area contributed by atoms with Crippen LogP contribution in [0.15, 0.2) is 9.42 Å². The Morgan fingerprint density at radius 1 is 1.35 bits per heavy atom. The van der Waals surface area contributed by atoms with Crippen LogP contribution in [0.2, 0.25) is 0 Å². The van der Waals surface area contributed by atoms with Crippen LogP contribution in [-0.4, -0.2) is 45.3 Å². The number of sulfonamides is 1. The van der Waals surface area contributed by atoms with E-state index in [2.05, 4.69) is 10.3 Å². The summed E-state index contributed by atoms with van der Waals surface area (Å²) in [7, 11) is -2.15. The van der Waals surface area contributed by atoms with Crippen LogP contribution in [0.4, 0.5) is 0 Å². The van der Waals surface area contributed by atoms with Crippen LogP contribution in [-0.2, 0) is 30.0 Å². The smallest absolute Gasteiger partial charge is 0.356 e. The molecule has 2 aromatic rings. The quantitative estimate of drug-likeness (QED) is 0.862. The van der Waals surface area contributed by atoms with Crippen LogP contribution in [0.3, 0.4) is 0 Å². The minimum atomic E-state index is -3.81. The van der Waals surface area contributed by atoms with Crippen LogP contribution >= 0.6 is 0 Å². The monoisotopic (exact) mass is 340 g/mol. The second kappa shape index (κ2) is 5.17. The molecular weight excluding hydrogens is 324 g/mol. The number of aromatic carboxylic acids is 1. The molecule has 0 amide bonds. The highest BCUT2D eigenvalue weighted by Crippen LogP contribution is 2.29. The molecule has 1 aliphatic heterocycles. The van der Waals surface area contributed by atoms with E-state index >= 15 is 0 Å². The van der Waals surface area contributed by atoms with Crippen molar-refractivity contribution in [2.45, 2.75) is 31.7 Å². The van der Waals surface area contributed by atoms with Gasteiger partial charge in [0.15, 0.2) is 11.5 Å². The van der Waals surface area contributed by atoms with Crippen LogP contribution in [0.5, 0.6) is 0 Å². The molecule has 0 atom stereocenters. The summed E-state index contributed by atoms with van der Waals surface area (Å²) >= 11 is 0. The predicted molar refractivity (Wildman–Crippen MR) is 77.4 cm³/mol. The Hall–Kier alpha value is -2.20. The molecule has 0 bridgehead atoms. The number of nitrogens with zero attached hydrogens (tertiary/aromatic N) is 4. The highest BCUT2D eigenvalue weighted by Gasteiger charge is 2.36. The van der Waals surface area contributed by atoms with Crippen molar-refractivity contribution in [1.29, 1.82) is 0 Å². The molecule has 23 heavy (non-hydrogen) atoms. The largest absolute Gasteiger partial charge is 0.476 e. The highest BCUT2D eigenvalue weighted by molar-refractivity contribution is 7.89. The van der Waals surface area contributed by atoms with Crippen LogP contribution < -0.4 is 0 Å². The van der Waals surface area contributed by atoms with E-state index in [0.29, 0.717) is 12.0 Å². The normalized spacial score (nSPS) is 15.6. The molecule has 1 N–H and O–H groups in total. The first-order valence-electron chi connectivity index (χ1n) is 6.94. The van der Waals surface area contributed by atoms with Crippen LogP contribution in [0.1, 0.15) is 33.2 Å². The van der Waals surface area contributed by atoms with Gasteiger partial charge in [-0.2, -0.15) is 9.40 Å². The average molecular weight is 340 g/mol. The molecule has 0 aromatic carbocycles. The lowest BCUT2D eigenvalue weighted by Gasteiger charge is -2.26. The van der Waals surface area contributed by atoms with Crippen molar-refractivity contribution in [3.8, 4) is 0 Å². The maximum Gasteiger partial charge on any atom is 0.356 e. The van der Waals surface area contributed by atoms with E-state index in [1.807, 2.05) is 0 Å². The molecule has 10 heteroatoms. The van der Waals surface area contributed by atoms with Crippen molar-refractivity contribution < 1.29 is 22.8 Å². The van der Waals surface area contributed by atoms with E-state index in [0.717, 1.165) is 5.69 Å². The van der Waals surface area contributed by atoms with Crippen molar-refractivity contribution in [1.82, 2.24) is 19.2 Å². The first kappa shape index (κ1) is 15.7. The minimum Gasteiger partial charge on any atom is -0.476 e. The van der Waals surface area contributed by atoms with Crippen molar-refractivity contribution in [3.05, 3.63) is 28.4 Å². The fraction of sp³-hybridized carbons (Fsp3) is 0.462. The fourth-order valence-electron chi connectivity index (χ4n) is 2.92. The molecule has 2 aromatic heterocycles. The number of carbonyl (C=O) groups is 1. The molecule has 3 heterocycles. The summed E-state index contributed by atoms with van der Waals surface area (Å²) in [5.74, 6) is -0.948. The second-order valence-corrected chi connectivity index (χ2v) is 7.32. The van der Waals surface area contributed by atoms with Gasteiger partial charge in [0, 0.05) is 37.8 Å². The zero-order chi connectivity index (χ0) is 16.9. The number of rotatable bonds is 3. The summed E-state index contributed by atoms with van der Waals surface area (Å²) in [4.78, 5) is 11.4. The standard InChI is InChI=1S/C13H16N4O5S/c1-7-12(8(2)22-15-7)23(20,21)17-5-4-10-9(6-17)11(13(18)19)14-16(10)3/h4-6H2,1-3H3,(H,18,19). The van der Waals surface area contributed by atoms with Crippen molar-refractivity contribution in [2.24, 2.45) is 7.05 Å².